The second kappa shape index (κ2) is 8.71. The summed E-state index contributed by atoms with van der Waals surface area (Å²) in [5, 5.41) is 14.0. The molecule has 10 nitrogen and oxygen atoms in total. The number of likely N-dealkylation sites (N-methyl/N-ethyl adjacent to an activating group) is 1. The van der Waals surface area contributed by atoms with E-state index >= 15 is 0 Å². The molecule has 180 valence electrons. The second-order valence-corrected chi connectivity index (χ2v) is 9.30. The number of hydrogen-bond acceptors (Lipinski definition) is 8. The molecule has 0 amide bonds. The fourth-order valence-electron chi connectivity index (χ4n) is 4.26. The number of aliphatic hydroxyl groups is 1. The van der Waals surface area contributed by atoms with Crippen molar-refractivity contribution < 1.29 is 5.11 Å². The highest BCUT2D eigenvalue weighted by Gasteiger charge is 2.22. The highest BCUT2D eigenvalue weighted by Crippen LogP contribution is 2.23. The lowest BCUT2D eigenvalue weighted by Gasteiger charge is -2.24. The molecule has 5 heterocycles. The minimum atomic E-state index is -1.14. The van der Waals surface area contributed by atoms with E-state index in [9.17, 15) is 9.90 Å². The Balaban J connectivity index is 1.60. The van der Waals surface area contributed by atoms with Gasteiger partial charge in [-0.15, -0.1) is 6.58 Å². The zero-order chi connectivity index (χ0) is 24.7. The van der Waals surface area contributed by atoms with Crippen molar-refractivity contribution in [2.75, 3.05) is 18.9 Å². The predicted octanol–water partition coefficient (Wildman–Crippen LogP) is 2.52. The molecule has 4 aromatic rings. The maximum Gasteiger partial charge on any atom is 0.278 e. The Hall–Kier alpha value is -3.89. The van der Waals surface area contributed by atoms with E-state index in [-0.39, 0.29) is 12.1 Å². The SMILES string of the molecule is C=CCn1c(=O)c2cnc(Nc3cnc4c(c3)CN(C)CC4)nc2n1-c1cccc(C(C)(C)O)n1. The van der Waals surface area contributed by atoms with Gasteiger partial charge in [-0.05, 0) is 44.7 Å². The van der Waals surface area contributed by atoms with Gasteiger partial charge in [0.15, 0.2) is 11.5 Å². The maximum atomic E-state index is 13.2. The number of hydrogen-bond donors (Lipinski definition) is 2. The van der Waals surface area contributed by atoms with Gasteiger partial charge in [-0.1, -0.05) is 12.1 Å². The standard InChI is InChI=1S/C25H28N8O2/c1-5-10-32-23(34)18-14-27-24(28-17-12-16-15-31(4)11-9-19(16)26-13-17)30-22(18)33(32)21-8-6-7-20(29-21)25(2,3)35/h5-8,12-14,35H,1,9-11,15H2,2-4H3,(H,27,28,30). The molecule has 35 heavy (non-hydrogen) atoms. The predicted molar refractivity (Wildman–Crippen MR) is 134 cm³/mol. The first-order valence-electron chi connectivity index (χ1n) is 11.5. The summed E-state index contributed by atoms with van der Waals surface area (Å²) in [5.41, 5.74) is 2.55. The first-order chi connectivity index (χ1) is 16.7. The Bertz CT molecular complexity index is 1480. The Morgan fingerprint density at radius 1 is 1.23 bits per heavy atom. The van der Waals surface area contributed by atoms with Gasteiger partial charge in [0, 0.05) is 31.4 Å². The van der Waals surface area contributed by atoms with E-state index in [0.29, 0.717) is 28.5 Å². The van der Waals surface area contributed by atoms with Gasteiger partial charge in [-0.25, -0.2) is 19.3 Å². The largest absolute Gasteiger partial charge is 0.384 e. The van der Waals surface area contributed by atoms with E-state index in [1.165, 1.54) is 16.4 Å². The van der Waals surface area contributed by atoms with Crippen molar-refractivity contribution in [3.8, 4) is 5.82 Å². The van der Waals surface area contributed by atoms with Crippen LogP contribution < -0.4 is 10.9 Å². The minimum absolute atomic E-state index is 0.250. The number of rotatable bonds is 6. The van der Waals surface area contributed by atoms with Crippen molar-refractivity contribution in [1.29, 1.82) is 0 Å². The smallest absolute Gasteiger partial charge is 0.278 e. The average molecular weight is 473 g/mol. The van der Waals surface area contributed by atoms with Crippen LogP contribution in [0.1, 0.15) is 30.8 Å². The van der Waals surface area contributed by atoms with Crippen LogP contribution in [0.4, 0.5) is 11.6 Å². The molecule has 0 radical (unpaired) electrons. The summed E-state index contributed by atoms with van der Waals surface area (Å²) in [6, 6.07) is 7.37. The third kappa shape index (κ3) is 4.33. The Labute approximate surface area is 202 Å². The summed E-state index contributed by atoms with van der Waals surface area (Å²) in [7, 11) is 2.09. The number of aromatic nitrogens is 6. The molecule has 2 N–H and O–H groups in total. The highest BCUT2D eigenvalue weighted by atomic mass is 16.3. The van der Waals surface area contributed by atoms with E-state index in [2.05, 4.69) is 49.8 Å². The lowest BCUT2D eigenvalue weighted by molar-refractivity contribution is 0.0738. The van der Waals surface area contributed by atoms with Crippen LogP contribution in [0, 0.1) is 0 Å². The number of anilines is 2. The van der Waals surface area contributed by atoms with Gasteiger partial charge < -0.3 is 15.3 Å². The first-order valence-corrected chi connectivity index (χ1v) is 11.5. The number of allylic oxidation sites excluding steroid dienone is 1. The van der Waals surface area contributed by atoms with E-state index in [1.807, 2.05) is 0 Å². The molecule has 0 saturated carbocycles. The Kier molecular flexibility index (Phi) is 5.70. The zero-order valence-corrected chi connectivity index (χ0v) is 20.1. The van der Waals surface area contributed by atoms with Crippen LogP contribution in [0.5, 0.6) is 0 Å². The summed E-state index contributed by atoms with van der Waals surface area (Å²) >= 11 is 0. The molecular weight excluding hydrogens is 444 g/mol. The molecule has 4 aromatic heterocycles. The molecule has 0 unspecified atom stereocenters. The van der Waals surface area contributed by atoms with Crippen molar-refractivity contribution in [3.63, 3.8) is 0 Å². The van der Waals surface area contributed by atoms with Gasteiger partial charge in [0.2, 0.25) is 5.95 Å². The van der Waals surface area contributed by atoms with Crippen LogP contribution in [-0.2, 0) is 25.1 Å². The van der Waals surface area contributed by atoms with Crippen LogP contribution in [0.15, 0.2) is 54.1 Å². The summed E-state index contributed by atoms with van der Waals surface area (Å²) in [6.45, 7) is 9.20. The second-order valence-electron chi connectivity index (χ2n) is 9.30. The van der Waals surface area contributed by atoms with Crippen molar-refractivity contribution in [2.45, 2.75) is 39.0 Å². The van der Waals surface area contributed by atoms with Gasteiger partial charge in [-0.2, -0.15) is 4.98 Å². The van der Waals surface area contributed by atoms with Gasteiger partial charge in [-0.3, -0.25) is 9.78 Å². The van der Waals surface area contributed by atoms with Gasteiger partial charge >= 0.3 is 0 Å². The molecule has 0 fully saturated rings. The van der Waals surface area contributed by atoms with Crippen molar-refractivity contribution in [1.82, 2.24) is 34.2 Å². The van der Waals surface area contributed by atoms with E-state index in [0.717, 1.165) is 30.9 Å². The van der Waals surface area contributed by atoms with E-state index < -0.39 is 5.60 Å². The number of fused-ring (bicyclic) bond motifs is 2. The molecule has 5 rings (SSSR count). The topological polar surface area (TPSA) is 114 Å². The average Bonchev–Trinajstić information content (AvgIpc) is 3.09. The lowest BCUT2D eigenvalue weighted by Crippen LogP contribution is -2.27. The Morgan fingerprint density at radius 3 is 2.83 bits per heavy atom. The van der Waals surface area contributed by atoms with Crippen LogP contribution in [0.2, 0.25) is 0 Å². The molecule has 0 atom stereocenters. The molecular formula is C25H28N8O2. The zero-order valence-electron chi connectivity index (χ0n) is 20.1. The summed E-state index contributed by atoms with van der Waals surface area (Å²) < 4.78 is 3.14. The van der Waals surface area contributed by atoms with Crippen molar-refractivity contribution >= 4 is 22.7 Å². The minimum Gasteiger partial charge on any atom is -0.384 e. The maximum absolute atomic E-state index is 13.2. The van der Waals surface area contributed by atoms with Gasteiger partial charge in [0.1, 0.15) is 11.0 Å². The Morgan fingerprint density at radius 2 is 2.06 bits per heavy atom. The fourth-order valence-corrected chi connectivity index (χ4v) is 4.26. The number of nitrogens with zero attached hydrogens (tertiary/aromatic N) is 7. The molecule has 0 bridgehead atoms. The van der Waals surface area contributed by atoms with Crippen molar-refractivity contribution in [2.24, 2.45) is 0 Å². The lowest BCUT2D eigenvalue weighted by atomic mass is 10.1. The molecule has 0 aromatic carbocycles. The number of nitrogens with one attached hydrogen (secondary N) is 1. The number of pyridine rings is 2. The van der Waals surface area contributed by atoms with Crippen LogP contribution in [0.25, 0.3) is 16.9 Å². The van der Waals surface area contributed by atoms with E-state index in [1.54, 1.807) is 49.0 Å². The molecule has 0 spiro atoms. The molecule has 10 heteroatoms. The normalized spacial score (nSPS) is 14.2. The quantitative estimate of drug-likeness (QED) is 0.412. The van der Waals surface area contributed by atoms with Crippen LogP contribution in [-0.4, -0.2) is 52.9 Å². The third-order valence-electron chi connectivity index (χ3n) is 6.04. The van der Waals surface area contributed by atoms with Crippen LogP contribution in [0.3, 0.4) is 0 Å². The molecule has 0 saturated heterocycles. The monoisotopic (exact) mass is 472 g/mol. The van der Waals surface area contributed by atoms with Gasteiger partial charge in [0.25, 0.3) is 5.56 Å². The van der Waals surface area contributed by atoms with Crippen LogP contribution >= 0.6 is 0 Å². The first kappa shape index (κ1) is 22.9. The molecule has 1 aliphatic rings. The highest BCUT2D eigenvalue weighted by molar-refractivity contribution is 5.77. The molecule has 1 aliphatic heterocycles. The van der Waals surface area contributed by atoms with Gasteiger partial charge in [0.05, 0.1) is 24.1 Å². The summed E-state index contributed by atoms with van der Waals surface area (Å²) in [5.74, 6) is 0.799. The van der Waals surface area contributed by atoms with E-state index in [4.69, 9.17) is 0 Å². The fraction of sp³-hybridized carbons (Fsp3) is 0.320. The molecule has 0 aliphatic carbocycles. The summed E-state index contributed by atoms with van der Waals surface area (Å²) in [6.07, 6.45) is 5.86. The van der Waals surface area contributed by atoms with Crippen molar-refractivity contribution in [3.05, 3.63) is 76.6 Å². The third-order valence-corrected chi connectivity index (χ3v) is 6.04. The summed E-state index contributed by atoms with van der Waals surface area (Å²) in [4.78, 5) is 33.7.